The van der Waals surface area contributed by atoms with Gasteiger partial charge in [-0.2, -0.15) is 0 Å². The smallest absolute Gasteiger partial charge is 0.306 e. The highest BCUT2D eigenvalue weighted by molar-refractivity contribution is 7.18. The summed E-state index contributed by atoms with van der Waals surface area (Å²) in [5, 5.41) is 13.7. The SMILES string of the molecule is O=C(NCC1=CN(c2ccc(N3CCC(C(=O)O)CC3)nc2)NN1)c1ccc(Cl)s1. The lowest BCUT2D eigenvalue weighted by molar-refractivity contribution is -0.142. The highest BCUT2D eigenvalue weighted by Crippen LogP contribution is 2.24. The van der Waals surface area contributed by atoms with Crippen LogP contribution in [0.4, 0.5) is 11.5 Å². The van der Waals surface area contributed by atoms with Gasteiger partial charge in [-0.05, 0) is 37.1 Å². The Morgan fingerprint density at radius 2 is 2.07 bits per heavy atom. The first-order chi connectivity index (χ1) is 14.5. The number of halogens is 1. The second-order valence-corrected chi connectivity index (χ2v) is 8.74. The van der Waals surface area contributed by atoms with E-state index in [-0.39, 0.29) is 11.8 Å². The predicted molar refractivity (Wildman–Crippen MR) is 115 cm³/mol. The van der Waals surface area contributed by atoms with E-state index in [1.807, 2.05) is 18.3 Å². The Balaban J connectivity index is 1.31. The molecule has 2 aliphatic rings. The van der Waals surface area contributed by atoms with Crippen molar-refractivity contribution in [3.8, 4) is 0 Å². The Hall–Kier alpha value is -2.82. The predicted octanol–water partition coefficient (Wildman–Crippen LogP) is 2.20. The van der Waals surface area contributed by atoms with E-state index in [0.29, 0.717) is 41.7 Å². The van der Waals surface area contributed by atoms with Crippen molar-refractivity contribution in [1.82, 2.24) is 21.3 Å². The van der Waals surface area contributed by atoms with Crippen LogP contribution in [-0.4, -0.2) is 41.6 Å². The zero-order valence-corrected chi connectivity index (χ0v) is 17.5. The van der Waals surface area contributed by atoms with Crippen LogP contribution >= 0.6 is 22.9 Å². The minimum Gasteiger partial charge on any atom is -0.481 e. The molecular formula is C19H21ClN6O3S. The summed E-state index contributed by atoms with van der Waals surface area (Å²) in [5.74, 6) is -0.323. The normalized spacial score (nSPS) is 16.9. The molecule has 0 radical (unpaired) electrons. The number of nitrogens with zero attached hydrogens (tertiary/aromatic N) is 3. The number of pyridine rings is 1. The topological polar surface area (TPSA) is 110 Å². The maximum Gasteiger partial charge on any atom is 0.306 e. The molecule has 0 saturated carbocycles. The van der Waals surface area contributed by atoms with Gasteiger partial charge in [0.1, 0.15) is 5.82 Å². The van der Waals surface area contributed by atoms with E-state index < -0.39 is 5.97 Å². The third-order valence-corrected chi connectivity index (χ3v) is 6.27. The second-order valence-electron chi connectivity index (χ2n) is 7.02. The van der Waals surface area contributed by atoms with Gasteiger partial charge in [0.15, 0.2) is 0 Å². The van der Waals surface area contributed by atoms with Gasteiger partial charge in [0.25, 0.3) is 5.91 Å². The first kappa shape index (κ1) is 20.5. The van der Waals surface area contributed by atoms with Crippen LogP contribution in [0.25, 0.3) is 0 Å². The van der Waals surface area contributed by atoms with Gasteiger partial charge in [0.2, 0.25) is 0 Å². The fourth-order valence-corrected chi connectivity index (χ4v) is 4.30. The Kier molecular flexibility index (Phi) is 6.07. The molecule has 158 valence electrons. The van der Waals surface area contributed by atoms with Gasteiger partial charge in [-0.15, -0.1) is 16.9 Å². The van der Waals surface area contributed by atoms with Crippen LogP contribution in [0.15, 0.2) is 42.4 Å². The lowest BCUT2D eigenvalue weighted by Gasteiger charge is -2.31. The van der Waals surface area contributed by atoms with Crippen LogP contribution in [0.5, 0.6) is 0 Å². The van der Waals surface area contributed by atoms with Gasteiger partial charge in [0.05, 0.1) is 39.3 Å². The zero-order valence-electron chi connectivity index (χ0n) is 16.0. The van der Waals surface area contributed by atoms with Crippen molar-refractivity contribution in [3.05, 3.63) is 51.6 Å². The van der Waals surface area contributed by atoms with E-state index in [2.05, 4.69) is 26.2 Å². The minimum absolute atomic E-state index is 0.175. The average molecular weight is 449 g/mol. The van der Waals surface area contributed by atoms with E-state index >= 15 is 0 Å². The summed E-state index contributed by atoms with van der Waals surface area (Å²) < 4.78 is 0.577. The highest BCUT2D eigenvalue weighted by Gasteiger charge is 2.25. The van der Waals surface area contributed by atoms with Crippen molar-refractivity contribution in [2.24, 2.45) is 5.92 Å². The number of hydrazine groups is 2. The average Bonchev–Trinajstić information content (AvgIpc) is 3.41. The number of thiophene rings is 1. The highest BCUT2D eigenvalue weighted by atomic mass is 35.5. The molecule has 1 saturated heterocycles. The van der Waals surface area contributed by atoms with Crippen molar-refractivity contribution >= 4 is 46.3 Å². The molecule has 9 nitrogen and oxygen atoms in total. The van der Waals surface area contributed by atoms with Gasteiger partial charge in [-0.25, -0.2) is 4.98 Å². The molecule has 4 heterocycles. The molecule has 2 aromatic rings. The number of hydrogen-bond acceptors (Lipinski definition) is 8. The molecule has 2 aromatic heterocycles. The van der Waals surface area contributed by atoms with Gasteiger partial charge in [0, 0.05) is 19.3 Å². The lowest BCUT2D eigenvalue weighted by atomic mass is 9.97. The first-order valence-electron chi connectivity index (χ1n) is 9.48. The molecule has 11 heteroatoms. The third-order valence-electron chi connectivity index (χ3n) is 5.04. The van der Waals surface area contributed by atoms with E-state index in [1.165, 1.54) is 11.3 Å². The Morgan fingerprint density at radius 1 is 1.27 bits per heavy atom. The van der Waals surface area contributed by atoms with Crippen LogP contribution in [0.1, 0.15) is 22.5 Å². The number of carbonyl (C=O) groups is 2. The van der Waals surface area contributed by atoms with Crippen LogP contribution in [-0.2, 0) is 4.79 Å². The van der Waals surface area contributed by atoms with E-state index in [4.69, 9.17) is 16.7 Å². The van der Waals surface area contributed by atoms with Gasteiger partial charge < -0.3 is 20.7 Å². The summed E-state index contributed by atoms with van der Waals surface area (Å²) in [6, 6.07) is 7.25. The summed E-state index contributed by atoms with van der Waals surface area (Å²) in [5.41, 5.74) is 7.65. The van der Waals surface area contributed by atoms with Gasteiger partial charge in [-0.1, -0.05) is 11.6 Å². The molecule has 0 atom stereocenters. The number of nitrogens with one attached hydrogen (secondary N) is 3. The van der Waals surface area contributed by atoms with Crippen LogP contribution in [0.3, 0.4) is 0 Å². The van der Waals surface area contributed by atoms with Crippen molar-refractivity contribution in [2.75, 3.05) is 29.5 Å². The molecule has 1 amide bonds. The Bertz CT molecular complexity index is 955. The number of aromatic nitrogens is 1. The van der Waals surface area contributed by atoms with E-state index in [0.717, 1.165) is 17.2 Å². The van der Waals surface area contributed by atoms with Crippen LogP contribution in [0.2, 0.25) is 4.34 Å². The number of aliphatic carboxylic acids is 1. The molecule has 1 fully saturated rings. The summed E-state index contributed by atoms with van der Waals surface area (Å²) in [6.07, 6.45) is 4.85. The number of anilines is 2. The maximum atomic E-state index is 12.1. The monoisotopic (exact) mass is 448 g/mol. The number of carboxylic acid groups (broad SMARTS) is 1. The molecule has 0 bridgehead atoms. The summed E-state index contributed by atoms with van der Waals surface area (Å²) >= 11 is 7.10. The lowest BCUT2D eigenvalue weighted by Crippen LogP contribution is -2.38. The standard InChI is InChI=1S/C19H21ClN6O3S/c20-16-3-2-15(30-16)18(27)22-9-13-11-26(24-23-13)14-1-4-17(21-10-14)25-7-5-12(6-8-25)19(28)29/h1-4,10-12,23-24H,5-9H2,(H,22,27)(H,28,29). The second kappa shape index (κ2) is 8.90. The third kappa shape index (κ3) is 4.66. The molecule has 30 heavy (non-hydrogen) atoms. The molecule has 4 rings (SSSR count). The van der Waals surface area contributed by atoms with Crippen molar-refractivity contribution < 1.29 is 14.7 Å². The van der Waals surface area contributed by atoms with Crippen LogP contribution in [0, 0.1) is 5.92 Å². The molecule has 2 aliphatic heterocycles. The fraction of sp³-hybridized carbons (Fsp3) is 0.316. The van der Waals surface area contributed by atoms with Crippen molar-refractivity contribution in [3.63, 3.8) is 0 Å². The number of rotatable bonds is 6. The minimum atomic E-state index is -0.719. The Morgan fingerprint density at radius 3 is 2.70 bits per heavy atom. The number of carboxylic acids is 1. The molecular weight excluding hydrogens is 428 g/mol. The molecule has 0 unspecified atom stereocenters. The van der Waals surface area contributed by atoms with Crippen molar-refractivity contribution in [1.29, 1.82) is 0 Å². The van der Waals surface area contributed by atoms with E-state index in [1.54, 1.807) is 23.3 Å². The van der Waals surface area contributed by atoms with E-state index in [9.17, 15) is 9.59 Å². The molecule has 0 aliphatic carbocycles. The number of amides is 1. The first-order valence-corrected chi connectivity index (χ1v) is 10.7. The number of hydrogen-bond donors (Lipinski definition) is 4. The van der Waals surface area contributed by atoms with Crippen molar-refractivity contribution in [2.45, 2.75) is 12.8 Å². The fourth-order valence-electron chi connectivity index (χ4n) is 3.34. The zero-order chi connectivity index (χ0) is 21.1. The molecule has 0 spiro atoms. The molecule has 4 N–H and O–H groups in total. The van der Waals surface area contributed by atoms with Crippen LogP contribution < -0.4 is 26.2 Å². The molecule has 0 aromatic carbocycles. The maximum absolute atomic E-state index is 12.1. The number of carbonyl (C=O) groups excluding carboxylic acids is 1. The summed E-state index contributed by atoms with van der Waals surface area (Å²) in [7, 11) is 0. The Labute approximate surface area is 182 Å². The summed E-state index contributed by atoms with van der Waals surface area (Å²) in [4.78, 5) is 30.4. The van der Waals surface area contributed by atoms with Gasteiger partial charge >= 0.3 is 5.97 Å². The summed E-state index contributed by atoms with van der Waals surface area (Å²) in [6.45, 7) is 1.71. The quantitative estimate of drug-likeness (QED) is 0.532. The largest absolute Gasteiger partial charge is 0.481 e. The number of piperidine rings is 1. The van der Waals surface area contributed by atoms with Gasteiger partial charge in [-0.3, -0.25) is 14.6 Å².